The van der Waals surface area contributed by atoms with E-state index in [1.165, 1.54) is 0 Å². The second kappa shape index (κ2) is 8.30. The average molecular weight is 426 g/mol. The summed E-state index contributed by atoms with van der Waals surface area (Å²) in [6.45, 7) is 8.88. The highest BCUT2D eigenvalue weighted by molar-refractivity contribution is 5.90. The molecule has 0 spiro atoms. The van der Waals surface area contributed by atoms with Crippen molar-refractivity contribution in [3.05, 3.63) is 47.9 Å². The van der Waals surface area contributed by atoms with Crippen LogP contribution < -0.4 is 21.5 Å². The van der Waals surface area contributed by atoms with Gasteiger partial charge in [-0.25, -0.2) is 0 Å². The number of piperidine rings is 1. The first-order chi connectivity index (χ1) is 14.4. The number of rotatable bonds is 5. The van der Waals surface area contributed by atoms with E-state index in [1.807, 2.05) is 7.05 Å². The van der Waals surface area contributed by atoms with Gasteiger partial charge < -0.3 is 31.5 Å². The Hall–Kier alpha value is -2.93. The molecule has 1 aromatic carbocycles. The summed E-state index contributed by atoms with van der Waals surface area (Å²) in [6, 6.07) is 5.44. The number of phenols is 1. The van der Waals surface area contributed by atoms with Gasteiger partial charge in [-0.3, -0.25) is 4.98 Å². The van der Waals surface area contributed by atoms with Gasteiger partial charge in [0.2, 0.25) is 0 Å². The largest absolute Gasteiger partial charge is 0.507 e. The maximum Gasteiger partial charge on any atom is 0.129 e. The summed E-state index contributed by atoms with van der Waals surface area (Å²) < 4.78 is 5.34. The maximum atomic E-state index is 10.5. The van der Waals surface area contributed by atoms with E-state index in [0.29, 0.717) is 34.4 Å². The van der Waals surface area contributed by atoms with Crippen molar-refractivity contribution in [3.63, 3.8) is 0 Å². The molecule has 0 amide bonds. The summed E-state index contributed by atoms with van der Waals surface area (Å²) in [6.07, 6.45) is 7.15. The van der Waals surface area contributed by atoms with Crippen LogP contribution in [0.25, 0.3) is 16.6 Å². The lowest BCUT2D eigenvalue weighted by Crippen LogP contribution is -2.61. The zero-order valence-electron chi connectivity index (χ0n) is 19.4. The highest BCUT2D eigenvalue weighted by Gasteiger charge is 2.39. The zero-order valence-corrected chi connectivity index (χ0v) is 19.4. The van der Waals surface area contributed by atoms with E-state index in [2.05, 4.69) is 42.9 Å². The highest BCUT2D eigenvalue weighted by Crippen LogP contribution is 2.33. The van der Waals surface area contributed by atoms with Crippen molar-refractivity contribution in [1.29, 1.82) is 0 Å². The number of allylic oxidation sites excluding steroid dienone is 2. The van der Waals surface area contributed by atoms with Gasteiger partial charge in [0.1, 0.15) is 11.5 Å². The summed E-state index contributed by atoms with van der Waals surface area (Å²) in [5.74, 6) is 1.34. The number of fused-ring (bicyclic) bond motifs is 1. The van der Waals surface area contributed by atoms with Crippen LogP contribution in [0.5, 0.6) is 11.5 Å². The van der Waals surface area contributed by atoms with Gasteiger partial charge in [0.05, 0.1) is 18.4 Å². The molecule has 1 aromatic heterocycles. The van der Waals surface area contributed by atoms with E-state index in [1.54, 1.807) is 43.7 Å². The normalized spacial score (nSPS) is 19.4. The van der Waals surface area contributed by atoms with Crippen molar-refractivity contribution < 1.29 is 9.84 Å². The highest BCUT2D eigenvalue weighted by atomic mass is 16.5. The van der Waals surface area contributed by atoms with Crippen LogP contribution in [-0.2, 0) is 0 Å². The average Bonchev–Trinajstić information content (AvgIpc) is 2.67. The molecular weight excluding hydrogens is 390 g/mol. The third-order valence-corrected chi connectivity index (χ3v) is 5.91. The maximum absolute atomic E-state index is 10.5. The summed E-state index contributed by atoms with van der Waals surface area (Å²) in [5, 5.41) is 14.9. The fourth-order valence-corrected chi connectivity index (χ4v) is 4.70. The van der Waals surface area contributed by atoms with Crippen LogP contribution in [0.2, 0.25) is 0 Å². The molecule has 0 bridgehead atoms. The Bertz CT molecular complexity index is 1010. The quantitative estimate of drug-likeness (QED) is 0.544. The van der Waals surface area contributed by atoms with Gasteiger partial charge in [-0.2, -0.15) is 0 Å². The number of aromatic hydroxyl groups is 1. The molecule has 31 heavy (non-hydrogen) atoms. The van der Waals surface area contributed by atoms with Crippen LogP contribution in [0.4, 0.5) is 0 Å². The van der Waals surface area contributed by atoms with Crippen molar-refractivity contribution in [3.8, 4) is 11.5 Å². The fraction of sp³-hybridized carbons (Fsp3) is 0.458. The molecule has 0 aliphatic carbocycles. The molecule has 2 aromatic rings. The number of nitrogens with one attached hydrogen (secondary N) is 1. The number of phenolic OH excluding ortho intramolecular Hbond substituents is 1. The minimum atomic E-state index is 0.0285. The lowest BCUT2D eigenvalue weighted by Gasteiger charge is -2.49. The smallest absolute Gasteiger partial charge is 0.129 e. The van der Waals surface area contributed by atoms with Crippen molar-refractivity contribution in [2.45, 2.75) is 57.7 Å². The number of ether oxygens (including phenoxy) is 1. The van der Waals surface area contributed by atoms with E-state index >= 15 is 0 Å². The standard InChI is InChI=1S/C24H35N5O2/c1-23(2)13-15(14-24(3,4)28-23)29(5)22(26)8-7-18(25)16-11-19-17(12-20(16)30)21(31-6)9-10-27-19/h7-12,15,28,30H,13-14,25-26H2,1-6H3/b18-7-,22-8+. The van der Waals surface area contributed by atoms with Crippen LogP contribution >= 0.6 is 0 Å². The Labute approximate surface area is 184 Å². The Balaban J connectivity index is 1.85. The summed E-state index contributed by atoms with van der Waals surface area (Å²) in [4.78, 5) is 6.47. The number of aromatic nitrogens is 1. The predicted molar refractivity (Wildman–Crippen MR) is 126 cm³/mol. The Kier molecular flexibility index (Phi) is 6.09. The van der Waals surface area contributed by atoms with Gasteiger partial charge >= 0.3 is 0 Å². The number of pyridine rings is 1. The van der Waals surface area contributed by atoms with Crippen molar-refractivity contribution in [2.75, 3.05) is 14.2 Å². The number of methoxy groups -OCH3 is 1. The molecular formula is C24H35N5O2. The monoisotopic (exact) mass is 425 g/mol. The van der Waals surface area contributed by atoms with Crippen LogP contribution in [0.1, 0.15) is 46.1 Å². The van der Waals surface area contributed by atoms with Crippen molar-refractivity contribution >= 4 is 16.6 Å². The Morgan fingerprint density at radius 1 is 1.19 bits per heavy atom. The van der Waals surface area contributed by atoms with E-state index < -0.39 is 0 Å². The van der Waals surface area contributed by atoms with Gasteiger partial charge in [0.25, 0.3) is 0 Å². The van der Waals surface area contributed by atoms with Crippen LogP contribution in [-0.4, -0.2) is 46.3 Å². The second-order valence-electron chi connectivity index (χ2n) is 9.68. The van der Waals surface area contributed by atoms with Gasteiger partial charge in [0, 0.05) is 47.0 Å². The molecule has 7 nitrogen and oxygen atoms in total. The molecule has 1 aliphatic rings. The number of nitrogens with two attached hydrogens (primary N) is 2. The Morgan fingerprint density at radius 3 is 2.45 bits per heavy atom. The second-order valence-corrected chi connectivity index (χ2v) is 9.68. The molecule has 6 N–H and O–H groups in total. The predicted octanol–water partition coefficient (Wildman–Crippen LogP) is 3.29. The molecule has 1 saturated heterocycles. The lowest BCUT2D eigenvalue weighted by atomic mass is 9.79. The summed E-state index contributed by atoms with van der Waals surface area (Å²) in [7, 11) is 3.60. The molecule has 7 heteroatoms. The lowest BCUT2D eigenvalue weighted by molar-refractivity contribution is 0.0981. The van der Waals surface area contributed by atoms with Crippen LogP contribution in [0.15, 0.2) is 42.4 Å². The van der Waals surface area contributed by atoms with Gasteiger partial charge in [0.15, 0.2) is 0 Å². The Morgan fingerprint density at radius 2 is 1.84 bits per heavy atom. The minimum absolute atomic E-state index is 0.0285. The molecule has 2 heterocycles. The zero-order chi connectivity index (χ0) is 23.0. The van der Waals surface area contributed by atoms with Crippen LogP contribution in [0.3, 0.4) is 0 Å². The first-order valence-corrected chi connectivity index (χ1v) is 10.5. The topological polar surface area (TPSA) is 110 Å². The summed E-state index contributed by atoms with van der Waals surface area (Å²) in [5.41, 5.74) is 14.3. The van der Waals surface area contributed by atoms with E-state index in [9.17, 15) is 5.11 Å². The molecule has 0 radical (unpaired) electrons. The van der Waals surface area contributed by atoms with Gasteiger partial charge in [-0.1, -0.05) is 0 Å². The first-order valence-electron chi connectivity index (χ1n) is 10.5. The molecule has 168 valence electrons. The van der Waals surface area contributed by atoms with Crippen molar-refractivity contribution in [1.82, 2.24) is 15.2 Å². The molecule has 3 rings (SSSR count). The van der Waals surface area contributed by atoms with E-state index in [-0.39, 0.29) is 16.8 Å². The van der Waals surface area contributed by atoms with Crippen LogP contribution in [0, 0.1) is 0 Å². The molecule has 0 saturated carbocycles. The molecule has 1 fully saturated rings. The third-order valence-electron chi connectivity index (χ3n) is 5.91. The van der Waals surface area contributed by atoms with E-state index in [0.717, 1.165) is 18.2 Å². The molecule has 1 aliphatic heterocycles. The summed E-state index contributed by atoms with van der Waals surface area (Å²) >= 11 is 0. The SMILES string of the molecule is COc1ccnc2cc(/C(N)=C/C=C(\N)N(C)C3CC(C)(C)NC(C)(C)C3)c(O)cc12. The number of nitrogens with zero attached hydrogens (tertiary/aromatic N) is 2. The van der Waals surface area contributed by atoms with Gasteiger partial charge in [-0.05, 0) is 70.9 Å². The van der Waals surface area contributed by atoms with Crippen molar-refractivity contribution in [2.24, 2.45) is 11.5 Å². The number of hydrogen-bond acceptors (Lipinski definition) is 7. The molecule has 0 unspecified atom stereocenters. The fourth-order valence-electron chi connectivity index (χ4n) is 4.70. The molecule has 0 atom stereocenters. The minimum Gasteiger partial charge on any atom is -0.507 e. The first kappa shape index (κ1) is 22.7. The third kappa shape index (κ3) is 5.05. The van der Waals surface area contributed by atoms with E-state index in [4.69, 9.17) is 16.2 Å². The number of hydrogen-bond donors (Lipinski definition) is 4. The van der Waals surface area contributed by atoms with Gasteiger partial charge in [-0.15, -0.1) is 0 Å². The number of benzene rings is 1.